The molecule has 4 N–H and O–H groups in total. The van der Waals surface area contributed by atoms with Gasteiger partial charge in [-0.2, -0.15) is 0 Å². The largest absolute Gasteiger partial charge is 0.385 e. The van der Waals surface area contributed by atoms with Gasteiger partial charge < -0.3 is 16.4 Å². The van der Waals surface area contributed by atoms with Gasteiger partial charge in [-0.15, -0.1) is 0 Å². The molecular formula is C15H25FN4. The fraction of sp³-hybridized carbons (Fsp3) is 0.533. The summed E-state index contributed by atoms with van der Waals surface area (Å²) >= 11 is 0. The third kappa shape index (κ3) is 7.61. The fourth-order valence-electron chi connectivity index (χ4n) is 1.65. The van der Waals surface area contributed by atoms with E-state index in [1.165, 1.54) is 12.1 Å². The summed E-state index contributed by atoms with van der Waals surface area (Å²) in [5, 5.41) is 6.23. The third-order valence-electron chi connectivity index (χ3n) is 2.80. The number of hydrogen-bond donors (Lipinski definition) is 3. The minimum atomic E-state index is -0.230. The summed E-state index contributed by atoms with van der Waals surface area (Å²) in [6.07, 6.45) is 1.93. The molecule has 20 heavy (non-hydrogen) atoms. The highest BCUT2D eigenvalue weighted by molar-refractivity contribution is 5.77. The number of nitrogens with one attached hydrogen (secondary N) is 2. The lowest BCUT2D eigenvalue weighted by atomic mass is 10.1. The number of guanidine groups is 1. The van der Waals surface area contributed by atoms with Gasteiger partial charge in [0, 0.05) is 25.3 Å². The first kappa shape index (κ1) is 16.3. The zero-order chi connectivity index (χ0) is 14.8. The average Bonchev–Trinajstić information content (AvgIpc) is 2.38. The molecule has 0 aromatic heterocycles. The van der Waals surface area contributed by atoms with Gasteiger partial charge in [-0.3, -0.25) is 4.99 Å². The second-order valence-corrected chi connectivity index (χ2v) is 5.17. The summed E-state index contributed by atoms with van der Waals surface area (Å²) in [6, 6.07) is 6.44. The van der Waals surface area contributed by atoms with Gasteiger partial charge in [-0.25, -0.2) is 4.39 Å². The molecule has 0 aliphatic rings. The van der Waals surface area contributed by atoms with E-state index in [2.05, 4.69) is 29.5 Å². The summed E-state index contributed by atoms with van der Waals surface area (Å²) < 4.78 is 12.9. The molecule has 0 amide bonds. The maximum atomic E-state index is 12.9. The van der Waals surface area contributed by atoms with E-state index in [9.17, 15) is 4.39 Å². The number of halogens is 1. The Morgan fingerprint density at radius 2 is 2.15 bits per heavy atom. The summed E-state index contributed by atoms with van der Waals surface area (Å²) in [7, 11) is 0. The predicted octanol–water partition coefficient (Wildman–Crippen LogP) is 2.58. The van der Waals surface area contributed by atoms with Crippen LogP contribution in [0.1, 0.15) is 26.7 Å². The van der Waals surface area contributed by atoms with Crippen LogP contribution < -0.4 is 16.4 Å². The number of anilines is 1. The molecule has 112 valence electrons. The van der Waals surface area contributed by atoms with Crippen LogP contribution in [-0.2, 0) is 0 Å². The number of hydrogen-bond acceptors (Lipinski definition) is 2. The molecule has 5 heteroatoms. The van der Waals surface area contributed by atoms with E-state index < -0.39 is 0 Å². The second-order valence-electron chi connectivity index (χ2n) is 5.17. The smallest absolute Gasteiger partial charge is 0.188 e. The molecule has 0 atom stereocenters. The van der Waals surface area contributed by atoms with E-state index in [-0.39, 0.29) is 5.82 Å². The van der Waals surface area contributed by atoms with Gasteiger partial charge in [-0.1, -0.05) is 19.9 Å². The van der Waals surface area contributed by atoms with Crippen molar-refractivity contribution < 1.29 is 4.39 Å². The Bertz CT molecular complexity index is 418. The highest BCUT2D eigenvalue weighted by Gasteiger charge is 1.96. The molecule has 0 fully saturated rings. The Morgan fingerprint density at radius 3 is 2.85 bits per heavy atom. The van der Waals surface area contributed by atoms with Gasteiger partial charge in [0.1, 0.15) is 5.82 Å². The maximum absolute atomic E-state index is 12.9. The summed E-state index contributed by atoms with van der Waals surface area (Å²) in [5.41, 5.74) is 6.53. The molecule has 0 aliphatic heterocycles. The van der Waals surface area contributed by atoms with E-state index in [4.69, 9.17) is 5.73 Å². The Morgan fingerprint density at radius 1 is 1.35 bits per heavy atom. The van der Waals surface area contributed by atoms with Gasteiger partial charge in [0.05, 0.1) is 0 Å². The SMILES string of the molecule is CC(C)CCNC(N)=NCCCNc1cccc(F)c1. The Hall–Kier alpha value is -1.78. The van der Waals surface area contributed by atoms with Crippen LogP contribution in [0.25, 0.3) is 0 Å². The third-order valence-corrected chi connectivity index (χ3v) is 2.80. The number of benzene rings is 1. The molecule has 0 saturated carbocycles. The molecule has 0 saturated heterocycles. The standard InChI is InChI=1S/C15H25FN4/c1-12(2)7-10-20-15(17)19-9-4-8-18-14-6-3-5-13(16)11-14/h3,5-6,11-12,18H,4,7-10H2,1-2H3,(H3,17,19,20). The van der Waals surface area contributed by atoms with Crippen LogP contribution in [0.2, 0.25) is 0 Å². The molecule has 4 nitrogen and oxygen atoms in total. The lowest BCUT2D eigenvalue weighted by molar-refractivity contribution is 0.576. The van der Waals surface area contributed by atoms with Crippen LogP contribution in [0.3, 0.4) is 0 Å². The van der Waals surface area contributed by atoms with Crippen molar-refractivity contribution in [2.24, 2.45) is 16.6 Å². The quantitative estimate of drug-likeness (QED) is 0.389. The first-order valence-corrected chi connectivity index (χ1v) is 7.11. The van der Waals surface area contributed by atoms with Crippen molar-refractivity contribution >= 4 is 11.6 Å². The first-order valence-electron chi connectivity index (χ1n) is 7.11. The normalized spacial score (nSPS) is 11.7. The molecule has 0 heterocycles. The lowest BCUT2D eigenvalue weighted by Gasteiger charge is -2.08. The first-order chi connectivity index (χ1) is 9.58. The minimum absolute atomic E-state index is 0.230. The van der Waals surface area contributed by atoms with Gasteiger partial charge in [0.15, 0.2) is 5.96 Å². The lowest BCUT2D eigenvalue weighted by Crippen LogP contribution is -2.33. The Kier molecular flexibility index (Phi) is 7.47. The van der Waals surface area contributed by atoms with Gasteiger partial charge >= 0.3 is 0 Å². The molecule has 0 aliphatic carbocycles. The molecule has 1 aromatic rings. The average molecular weight is 280 g/mol. The maximum Gasteiger partial charge on any atom is 0.188 e. The monoisotopic (exact) mass is 280 g/mol. The Labute approximate surface area is 120 Å². The van der Waals surface area contributed by atoms with Crippen LogP contribution >= 0.6 is 0 Å². The fourth-order valence-corrected chi connectivity index (χ4v) is 1.65. The van der Waals surface area contributed by atoms with Crippen molar-refractivity contribution in [2.75, 3.05) is 25.0 Å². The predicted molar refractivity (Wildman–Crippen MR) is 83.5 cm³/mol. The van der Waals surface area contributed by atoms with Crippen molar-refractivity contribution in [2.45, 2.75) is 26.7 Å². The van der Waals surface area contributed by atoms with E-state index in [1.54, 1.807) is 6.07 Å². The summed E-state index contributed by atoms with van der Waals surface area (Å²) in [6.45, 7) is 6.60. The topological polar surface area (TPSA) is 62.4 Å². The molecule has 0 bridgehead atoms. The highest BCUT2D eigenvalue weighted by atomic mass is 19.1. The van der Waals surface area contributed by atoms with Gasteiger partial charge in [-0.05, 0) is 37.0 Å². The molecule has 0 radical (unpaired) electrons. The van der Waals surface area contributed by atoms with E-state index in [0.717, 1.165) is 31.6 Å². The van der Waals surface area contributed by atoms with Crippen LogP contribution in [0.15, 0.2) is 29.3 Å². The van der Waals surface area contributed by atoms with Crippen LogP contribution in [0, 0.1) is 11.7 Å². The van der Waals surface area contributed by atoms with Crippen molar-refractivity contribution in [1.82, 2.24) is 5.32 Å². The Balaban J connectivity index is 2.11. The molecule has 0 unspecified atom stereocenters. The summed E-state index contributed by atoms with van der Waals surface area (Å²) in [4.78, 5) is 4.24. The zero-order valence-electron chi connectivity index (χ0n) is 12.3. The van der Waals surface area contributed by atoms with Crippen molar-refractivity contribution in [3.8, 4) is 0 Å². The van der Waals surface area contributed by atoms with E-state index >= 15 is 0 Å². The van der Waals surface area contributed by atoms with Gasteiger partial charge in [0.25, 0.3) is 0 Å². The van der Waals surface area contributed by atoms with Crippen molar-refractivity contribution in [1.29, 1.82) is 0 Å². The number of nitrogens with zero attached hydrogens (tertiary/aromatic N) is 1. The molecule has 1 aromatic carbocycles. The number of nitrogens with two attached hydrogens (primary N) is 1. The van der Waals surface area contributed by atoms with Gasteiger partial charge in [0.2, 0.25) is 0 Å². The zero-order valence-corrected chi connectivity index (χ0v) is 12.3. The number of rotatable bonds is 8. The second kappa shape index (κ2) is 9.18. The van der Waals surface area contributed by atoms with Crippen molar-refractivity contribution in [3.63, 3.8) is 0 Å². The van der Waals surface area contributed by atoms with Crippen LogP contribution in [0.4, 0.5) is 10.1 Å². The minimum Gasteiger partial charge on any atom is -0.385 e. The van der Waals surface area contributed by atoms with Crippen LogP contribution in [-0.4, -0.2) is 25.6 Å². The van der Waals surface area contributed by atoms with Crippen LogP contribution in [0.5, 0.6) is 0 Å². The summed E-state index contributed by atoms with van der Waals surface area (Å²) in [5.74, 6) is 0.925. The molecular weight excluding hydrogens is 255 g/mol. The van der Waals surface area contributed by atoms with Crippen molar-refractivity contribution in [3.05, 3.63) is 30.1 Å². The number of aliphatic imine (C=N–C) groups is 1. The molecule has 1 rings (SSSR count). The molecule has 0 spiro atoms. The van der Waals surface area contributed by atoms with E-state index in [0.29, 0.717) is 18.4 Å². The highest BCUT2D eigenvalue weighted by Crippen LogP contribution is 2.08. The van der Waals surface area contributed by atoms with E-state index in [1.807, 2.05) is 6.07 Å².